The van der Waals surface area contributed by atoms with Gasteiger partial charge in [-0.1, -0.05) is 19.0 Å². The Morgan fingerprint density at radius 2 is 1.91 bits per heavy atom. The molecular weight excluding hydrogens is 523 g/mol. The summed E-state index contributed by atoms with van der Waals surface area (Å²) in [4.78, 5) is 12.1. The third-order valence-corrected chi connectivity index (χ3v) is 4.96. The van der Waals surface area contributed by atoms with Crippen molar-refractivity contribution in [3.8, 4) is 11.5 Å². The van der Waals surface area contributed by atoms with Crippen molar-refractivity contribution >= 4 is 40.8 Å². The number of benzene rings is 1. The van der Waals surface area contributed by atoms with Crippen LogP contribution in [-0.4, -0.2) is 55.4 Å². The van der Waals surface area contributed by atoms with Crippen LogP contribution in [0.5, 0.6) is 11.5 Å². The number of guanidine groups is 1. The van der Waals surface area contributed by atoms with Gasteiger partial charge in [-0.3, -0.25) is 4.99 Å². The van der Waals surface area contributed by atoms with Gasteiger partial charge in [0.2, 0.25) is 5.89 Å². The van der Waals surface area contributed by atoms with E-state index in [-0.39, 0.29) is 29.9 Å². The van der Waals surface area contributed by atoms with E-state index < -0.39 is 0 Å². The van der Waals surface area contributed by atoms with E-state index in [1.54, 1.807) is 21.3 Å². The number of nitrogens with zero attached hydrogens (tertiary/aromatic N) is 3. The first kappa shape index (κ1) is 25.8. The van der Waals surface area contributed by atoms with Gasteiger partial charge in [-0.25, -0.2) is 0 Å². The van der Waals surface area contributed by atoms with E-state index in [0.717, 1.165) is 59.3 Å². The number of aromatic amines is 1. The number of halogens is 1. The summed E-state index contributed by atoms with van der Waals surface area (Å²) in [6.07, 6.45) is 2.51. The molecule has 0 radical (unpaired) electrons. The lowest BCUT2D eigenvalue weighted by molar-refractivity contribution is 0.371. The van der Waals surface area contributed by atoms with Gasteiger partial charge in [-0.15, -0.1) is 24.0 Å². The minimum absolute atomic E-state index is 0. The second kappa shape index (κ2) is 12.5. The topological polar surface area (TPSA) is 110 Å². The van der Waals surface area contributed by atoms with Crippen LogP contribution in [0.4, 0.5) is 0 Å². The summed E-state index contributed by atoms with van der Waals surface area (Å²) >= 11 is 0. The summed E-state index contributed by atoms with van der Waals surface area (Å²) in [5.41, 5.74) is 2.17. The molecule has 0 fully saturated rings. The largest absolute Gasteiger partial charge is 0.497 e. The lowest BCUT2D eigenvalue weighted by atomic mass is 10.2. The summed E-state index contributed by atoms with van der Waals surface area (Å²) < 4.78 is 16.1. The molecule has 0 unspecified atom stereocenters. The van der Waals surface area contributed by atoms with Crippen molar-refractivity contribution in [2.45, 2.75) is 39.0 Å². The highest BCUT2D eigenvalue weighted by atomic mass is 127. The van der Waals surface area contributed by atoms with Crippen molar-refractivity contribution in [2.75, 3.05) is 34.4 Å². The molecule has 0 amide bonds. The SMILES string of the molecule is CN=C(NCCCc1cc2c(OC)cc(OC)cc2[nH]1)NCCc1nc(C(C)C)no1.I. The average Bonchev–Trinajstić information content (AvgIpc) is 3.41. The maximum absolute atomic E-state index is 5.49. The Morgan fingerprint density at radius 3 is 2.56 bits per heavy atom. The van der Waals surface area contributed by atoms with Gasteiger partial charge in [-0.05, 0) is 18.9 Å². The van der Waals surface area contributed by atoms with Crippen molar-refractivity contribution in [3.05, 3.63) is 35.6 Å². The van der Waals surface area contributed by atoms with Crippen LogP contribution in [0.3, 0.4) is 0 Å². The van der Waals surface area contributed by atoms with Crippen LogP contribution in [0.2, 0.25) is 0 Å². The highest BCUT2D eigenvalue weighted by Gasteiger charge is 2.10. The number of methoxy groups -OCH3 is 2. The zero-order chi connectivity index (χ0) is 22.2. The van der Waals surface area contributed by atoms with Crippen molar-refractivity contribution < 1.29 is 14.0 Å². The summed E-state index contributed by atoms with van der Waals surface area (Å²) in [7, 11) is 5.09. The summed E-state index contributed by atoms with van der Waals surface area (Å²) in [5, 5.41) is 11.7. The fourth-order valence-electron chi connectivity index (χ4n) is 3.26. The predicted octanol–water partition coefficient (Wildman–Crippen LogP) is 3.65. The van der Waals surface area contributed by atoms with Gasteiger partial charge in [-0.2, -0.15) is 4.98 Å². The molecule has 0 saturated heterocycles. The Balaban J connectivity index is 0.00000363. The molecule has 2 aromatic heterocycles. The van der Waals surface area contributed by atoms with Crippen LogP contribution in [0.1, 0.15) is 43.6 Å². The quantitative estimate of drug-likeness (QED) is 0.151. The van der Waals surface area contributed by atoms with E-state index in [2.05, 4.69) is 36.8 Å². The van der Waals surface area contributed by atoms with Crippen LogP contribution in [0, 0.1) is 0 Å². The summed E-state index contributed by atoms with van der Waals surface area (Å²) in [6.45, 7) is 5.56. The predicted molar refractivity (Wildman–Crippen MR) is 137 cm³/mol. The zero-order valence-electron chi connectivity index (χ0n) is 19.3. The molecule has 3 N–H and O–H groups in total. The molecule has 0 aliphatic carbocycles. The van der Waals surface area contributed by atoms with Crippen molar-refractivity contribution in [2.24, 2.45) is 4.99 Å². The Bertz CT molecular complexity index is 1010. The highest BCUT2D eigenvalue weighted by molar-refractivity contribution is 14.0. The van der Waals surface area contributed by atoms with E-state index in [0.29, 0.717) is 18.9 Å². The molecule has 0 spiro atoms. The van der Waals surface area contributed by atoms with E-state index in [1.807, 2.05) is 26.0 Å². The normalized spacial score (nSPS) is 11.5. The molecule has 0 aliphatic rings. The van der Waals surface area contributed by atoms with Crippen LogP contribution in [-0.2, 0) is 12.8 Å². The molecule has 0 atom stereocenters. The smallest absolute Gasteiger partial charge is 0.228 e. The first-order valence-corrected chi connectivity index (χ1v) is 10.5. The van der Waals surface area contributed by atoms with Crippen molar-refractivity contribution in [1.82, 2.24) is 25.8 Å². The number of ether oxygens (including phenoxy) is 2. The van der Waals surface area contributed by atoms with Crippen molar-refractivity contribution in [3.63, 3.8) is 0 Å². The van der Waals surface area contributed by atoms with E-state index >= 15 is 0 Å². The van der Waals surface area contributed by atoms with Crippen molar-refractivity contribution in [1.29, 1.82) is 0 Å². The second-order valence-corrected chi connectivity index (χ2v) is 7.57. The van der Waals surface area contributed by atoms with Crippen LogP contribution < -0.4 is 20.1 Å². The monoisotopic (exact) mass is 556 g/mol. The van der Waals surface area contributed by atoms with E-state index in [1.165, 1.54) is 0 Å². The lowest BCUT2D eigenvalue weighted by Crippen LogP contribution is -2.38. The van der Waals surface area contributed by atoms with Crippen LogP contribution in [0.15, 0.2) is 27.7 Å². The summed E-state index contributed by atoms with van der Waals surface area (Å²) in [6, 6.07) is 6.02. The maximum Gasteiger partial charge on any atom is 0.228 e. The van der Waals surface area contributed by atoms with Gasteiger partial charge >= 0.3 is 0 Å². The molecule has 0 bridgehead atoms. The third kappa shape index (κ3) is 6.75. The molecule has 176 valence electrons. The van der Waals surface area contributed by atoms with Gasteiger partial charge in [0.25, 0.3) is 0 Å². The number of aryl methyl sites for hydroxylation is 1. The van der Waals surface area contributed by atoms with E-state index in [4.69, 9.17) is 14.0 Å². The van der Waals surface area contributed by atoms with Crippen LogP contribution >= 0.6 is 24.0 Å². The number of aliphatic imine (C=N–C) groups is 1. The van der Waals surface area contributed by atoms with Gasteiger partial charge in [0.1, 0.15) is 11.5 Å². The first-order chi connectivity index (χ1) is 15.0. The molecule has 0 saturated carbocycles. The van der Waals surface area contributed by atoms with Gasteiger partial charge < -0.3 is 29.6 Å². The number of fused-ring (bicyclic) bond motifs is 1. The molecule has 0 aliphatic heterocycles. The Morgan fingerprint density at radius 1 is 1.12 bits per heavy atom. The maximum atomic E-state index is 5.49. The van der Waals surface area contributed by atoms with E-state index in [9.17, 15) is 0 Å². The molecule has 1 aromatic carbocycles. The number of aromatic nitrogens is 3. The average molecular weight is 556 g/mol. The molecule has 32 heavy (non-hydrogen) atoms. The van der Waals surface area contributed by atoms with Gasteiger partial charge in [0.05, 0.1) is 19.7 Å². The number of rotatable bonds is 10. The lowest BCUT2D eigenvalue weighted by Gasteiger charge is -2.10. The third-order valence-electron chi connectivity index (χ3n) is 4.96. The molecule has 3 rings (SSSR count). The number of hydrogen-bond donors (Lipinski definition) is 3. The number of nitrogens with one attached hydrogen (secondary N) is 3. The first-order valence-electron chi connectivity index (χ1n) is 10.5. The van der Waals surface area contributed by atoms with Gasteiger partial charge in [0.15, 0.2) is 11.8 Å². The number of H-pyrrole nitrogens is 1. The zero-order valence-corrected chi connectivity index (χ0v) is 21.6. The Labute approximate surface area is 205 Å². The molecular formula is C22H33IN6O3. The molecule has 2 heterocycles. The van der Waals surface area contributed by atoms with Gasteiger partial charge in [0, 0.05) is 55.7 Å². The minimum atomic E-state index is 0. The fraction of sp³-hybridized carbons (Fsp3) is 0.500. The summed E-state index contributed by atoms with van der Waals surface area (Å²) in [5.74, 6) is 3.98. The fourth-order valence-corrected chi connectivity index (χ4v) is 3.26. The van der Waals surface area contributed by atoms with Crippen LogP contribution in [0.25, 0.3) is 10.9 Å². The molecule has 3 aromatic rings. The minimum Gasteiger partial charge on any atom is -0.497 e. The Kier molecular flexibility index (Phi) is 10.1. The highest BCUT2D eigenvalue weighted by Crippen LogP contribution is 2.31. The Hall–Kier alpha value is -2.50. The second-order valence-electron chi connectivity index (χ2n) is 7.57. The number of hydrogen-bond acceptors (Lipinski definition) is 6. The molecule has 9 nitrogen and oxygen atoms in total. The molecule has 10 heteroatoms. The standard InChI is InChI=1S/C22H32N6O3.HI/c1-14(2)21-27-20(31-28-21)8-10-25-22(23-3)24-9-6-7-15-11-17-18(26-15)12-16(29-4)13-19(17)30-5;/h11-14,26H,6-10H2,1-5H3,(H2,23,24,25);1H.